The Morgan fingerprint density at radius 3 is 1.82 bits per heavy atom. The highest BCUT2D eigenvalue weighted by Crippen LogP contribution is 2.24. The Labute approximate surface area is 265 Å². The number of amides is 2. The third-order valence-corrected chi connectivity index (χ3v) is 8.59. The van der Waals surface area contributed by atoms with Crippen LogP contribution in [0.3, 0.4) is 0 Å². The van der Waals surface area contributed by atoms with Crippen molar-refractivity contribution in [1.29, 1.82) is 0 Å². The van der Waals surface area contributed by atoms with Crippen LogP contribution in [0.5, 0.6) is 0 Å². The summed E-state index contributed by atoms with van der Waals surface area (Å²) < 4.78 is 13.7. The molecule has 2 N–H and O–H groups in total. The number of hydrogen-bond donors (Lipinski definition) is 2. The highest BCUT2D eigenvalue weighted by molar-refractivity contribution is 5.96. The van der Waals surface area contributed by atoms with E-state index in [2.05, 4.69) is 20.7 Å². The van der Waals surface area contributed by atoms with Gasteiger partial charge in [0.25, 0.3) is 5.91 Å². The molecule has 45 heavy (non-hydrogen) atoms. The van der Waals surface area contributed by atoms with Gasteiger partial charge in [0.05, 0.1) is 37.5 Å². The first kappa shape index (κ1) is 32.5. The standard InChI is InChI=1S/C35H45N5O5/c1-24(2)32(42)33-38-34(35(43)37-28-18-10-12-20-30(28)45-23-26-15-7-4-8-16-26)40(39-33)21-31(41)36-27-17-9-11-19-29(27)44-22-25-13-5-3-6-14-25/h3-8,13-16,24,27-30H,9-12,17-23H2,1-2H3,(H,36,41)(H,37,43)/t27-,28-,29-,30-/m0/s1. The fourth-order valence-corrected chi connectivity index (χ4v) is 6.08. The second kappa shape index (κ2) is 15.9. The SMILES string of the molecule is CC(C)C(=O)c1nc(C(=O)N[C@H]2CCCC[C@@H]2OCc2ccccc2)n(CC(=O)N[C@H]2CCCC[C@@H]2OCc2ccccc2)n1. The van der Waals surface area contributed by atoms with E-state index in [1.165, 1.54) is 4.68 Å². The van der Waals surface area contributed by atoms with Gasteiger partial charge in [-0.25, -0.2) is 4.68 Å². The summed E-state index contributed by atoms with van der Waals surface area (Å²) in [6, 6.07) is 19.6. The molecule has 1 heterocycles. The summed E-state index contributed by atoms with van der Waals surface area (Å²) in [5, 5.41) is 10.5. The van der Waals surface area contributed by atoms with Crippen LogP contribution in [0.4, 0.5) is 0 Å². The second-order valence-corrected chi connectivity index (χ2v) is 12.4. The third-order valence-electron chi connectivity index (χ3n) is 8.59. The molecule has 240 valence electrons. The van der Waals surface area contributed by atoms with Crippen molar-refractivity contribution in [2.75, 3.05) is 0 Å². The van der Waals surface area contributed by atoms with E-state index in [9.17, 15) is 14.4 Å². The van der Waals surface area contributed by atoms with Gasteiger partial charge in [0.15, 0.2) is 0 Å². The summed E-state index contributed by atoms with van der Waals surface area (Å²) in [5.41, 5.74) is 2.15. The van der Waals surface area contributed by atoms with Crippen LogP contribution in [0.1, 0.15) is 97.6 Å². The quantitative estimate of drug-likeness (QED) is 0.259. The highest BCUT2D eigenvalue weighted by atomic mass is 16.5. The van der Waals surface area contributed by atoms with Gasteiger partial charge in [0.1, 0.15) is 6.54 Å². The topological polar surface area (TPSA) is 124 Å². The lowest BCUT2D eigenvalue weighted by atomic mass is 9.92. The molecule has 3 aromatic rings. The van der Waals surface area contributed by atoms with E-state index in [0.29, 0.717) is 13.2 Å². The zero-order valence-corrected chi connectivity index (χ0v) is 26.3. The zero-order chi connectivity index (χ0) is 31.6. The largest absolute Gasteiger partial charge is 0.371 e. The molecule has 0 unspecified atom stereocenters. The van der Waals surface area contributed by atoms with Crippen LogP contribution in [0.2, 0.25) is 0 Å². The predicted molar refractivity (Wildman–Crippen MR) is 169 cm³/mol. The van der Waals surface area contributed by atoms with Crippen molar-refractivity contribution in [2.45, 2.75) is 109 Å². The minimum absolute atomic E-state index is 0.0537. The van der Waals surface area contributed by atoms with Crippen molar-refractivity contribution in [1.82, 2.24) is 25.4 Å². The average Bonchev–Trinajstić information content (AvgIpc) is 3.48. The van der Waals surface area contributed by atoms with Gasteiger partial charge in [-0.05, 0) is 36.8 Å². The summed E-state index contributed by atoms with van der Waals surface area (Å²) in [4.78, 5) is 44.2. The Morgan fingerprint density at radius 1 is 0.778 bits per heavy atom. The molecular weight excluding hydrogens is 570 g/mol. The van der Waals surface area contributed by atoms with Crippen molar-refractivity contribution in [3.8, 4) is 0 Å². The first-order valence-corrected chi connectivity index (χ1v) is 16.3. The van der Waals surface area contributed by atoms with Gasteiger partial charge < -0.3 is 20.1 Å². The maximum absolute atomic E-state index is 13.6. The molecule has 2 aliphatic rings. The van der Waals surface area contributed by atoms with Crippen LogP contribution in [-0.4, -0.2) is 56.7 Å². The number of benzene rings is 2. The number of nitrogens with zero attached hydrogens (tertiary/aromatic N) is 3. The molecule has 0 bridgehead atoms. The number of hydrogen-bond acceptors (Lipinski definition) is 7. The molecule has 2 aliphatic carbocycles. The maximum atomic E-state index is 13.6. The van der Waals surface area contributed by atoms with Gasteiger partial charge in [0, 0.05) is 5.92 Å². The number of ketones is 1. The fourth-order valence-electron chi connectivity index (χ4n) is 6.08. The summed E-state index contributed by atoms with van der Waals surface area (Å²) in [6.07, 6.45) is 7.02. The molecule has 4 atom stereocenters. The van der Waals surface area contributed by atoms with Crippen LogP contribution in [0, 0.1) is 5.92 Å². The number of rotatable bonds is 13. The van der Waals surface area contributed by atoms with Gasteiger partial charge in [0.2, 0.25) is 23.3 Å². The molecule has 1 aromatic heterocycles. The van der Waals surface area contributed by atoms with Crippen molar-refractivity contribution in [3.63, 3.8) is 0 Å². The third kappa shape index (κ3) is 9.08. The van der Waals surface area contributed by atoms with E-state index in [0.717, 1.165) is 62.5 Å². The molecule has 0 spiro atoms. The van der Waals surface area contributed by atoms with Gasteiger partial charge in [-0.2, -0.15) is 4.98 Å². The van der Waals surface area contributed by atoms with E-state index in [1.807, 2.05) is 60.7 Å². The first-order chi connectivity index (χ1) is 21.9. The summed E-state index contributed by atoms with van der Waals surface area (Å²) in [6.45, 7) is 4.21. The van der Waals surface area contributed by atoms with Gasteiger partial charge >= 0.3 is 0 Å². The van der Waals surface area contributed by atoms with E-state index < -0.39 is 5.91 Å². The summed E-state index contributed by atoms with van der Waals surface area (Å²) >= 11 is 0. The van der Waals surface area contributed by atoms with Gasteiger partial charge in [-0.3, -0.25) is 14.4 Å². The molecule has 2 fully saturated rings. The normalized spacial score (nSPS) is 21.8. The second-order valence-electron chi connectivity index (χ2n) is 12.4. The molecular formula is C35H45N5O5. The van der Waals surface area contributed by atoms with Crippen LogP contribution in [0.15, 0.2) is 60.7 Å². The van der Waals surface area contributed by atoms with Crippen LogP contribution in [0.25, 0.3) is 0 Å². The Kier molecular flexibility index (Phi) is 11.5. The van der Waals surface area contributed by atoms with Gasteiger partial charge in [-0.15, -0.1) is 5.10 Å². The van der Waals surface area contributed by atoms with E-state index in [1.54, 1.807) is 13.8 Å². The zero-order valence-electron chi connectivity index (χ0n) is 26.3. The molecule has 0 radical (unpaired) electrons. The van der Waals surface area contributed by atoms with Crippen molar-refractivity contribution < 1.29 is 23.9 Å². The molecule has 10 heteroatoms. The average molecular weight is 616 g/mol. The number of carbonyl (C=O) groups is 3. The number of nitrogens with one attached hydrogen (secondary N) is 2. The Bertz CT molecular complexity index is 1410. The molecule has 5 rings (SSSR count). The minimum Gasteiger partial charge on any atom is -0.371 e. The van der Waals surface area contributed by atoms with Crippen LogP contribution < -0.4 is 10.6 Å². The number of carbonyl (C=O) groups excluding carboxylic acids is 3. The molecule has 0 aliphatic heterocycles. The lowest BCUT2D eigenvalue weighted by Gasteiger charge is -2.32. The smallest absolute Gasteiger partial charge is 0.289 e. The number of aromatic nitrogens is 3. The van der Waals surface area contributed by atoms with Crippen molar-refractivity contribution in [2.24, 2.45) is 5.92 Å². The molecule has 2 aromatic carbocycles. The first-order valence-electron chi connectivity index (χ1n) is 16.3. The van der Waals surface area contributed by atoms with E-state index >= 15 is 0 Å². The predicted octanol–water partition coefficient (Wildman–Crippen LogP) is 5.02. The van der Waals surface area contributed by atoms with E-state index in [4.69, 9.17) is 9.47 Å². The fraction of sp³-hybridized carbons (Fsp3) is 0.514. The highest BCUT2D eigenvalue weighted by Gasteiger charge is 2.32. The summed E-state index contributed by atoms with van der Waals surface area (Å²) in [5.74, 6) is -1.54. The lowest BCUT2D eigenvalue weighted by Crippen LogP contribution is -2.48. The molecule has 10 nitrogen and oxygen atoms in total. The van der Waals surface area contributed by atoms with Crippen LogP contribution >= 0.6 is 0 Å². The van der Waals surface area contributed by atoms with Crippen LogP contribution in [-0.2, 0) is 34.0 Å². The molecule has 2 amide bonds. The molecule has 0 saturated heterocycles. The number of ether oxygens (including phenoxy) is 2. The van der Waals surface area contributed by atoms with E-state index in [-0.39, 0.29) is 60.1 Å². The Balaban J connectivity index is 1.25. The monoisotopic (exact) mass is 615 g/mol. The minimum atomic E-state index is -0.472. The lowest BCUT2D eigenvalue weighted by molar-refractivity contribution is -0.124. The molecule has 2 saturated carbocycles. The van der Waals surface area contributed by atoms with Crippen molar-refractivity contribution in [3.05, 3.63) is 83.4 Å². The Morgan fingerprint density at radius 2 is 1.29 bits per heavy atom. The Hall–Kier alpha value is -3.89. The van der Waals surface area contributed by atoms with Crippen molar-refractivity contribution >= 4 is 17.6 Å². The van der Waals surface area contributed by atoms with Gasteiger partial charge in [-0.1, -0.05) is 100 Å². The number of Topliss-reactive ketones (excluding diaryl/α,β-unsaturated/α-hetero) is 1. The maximum Gasteiger partial charge on any atom is 0.289 e. The summed E-state index contributed by atoms with van der Waals surface area (Å²) in [7, 11) is 0.